The van der Waals surface area contributed by atoms with Crippen LogP contribution in [0.5, 0.6) is 0 Å². The molecule has 6 nitrogen and oxygen atoms in total. The van der Waals surface area contributed by atoms with Gasteiger partial charge in [0.1, 0.15) is 11.7 Å². The molecule has 3 aromatic heterocycles. The standard InChI is InChI=1S/C22H15F2N5O/c23-17-10-14(3-5-16(17)13-7-9-26-20(24)11-13)21(22(25)30)19-6-4-15(12-27-19)18-2-1-8-28-29-18/h1-12,21H,(H2,25,30). The van der Waals surface area contributed by atoms with Crippen molar-refractivity contribution in [3.05, 3.63) is 96.2 Å². The lowest BCUT2D eigenvalue weighted by Crippen LogP contribution is -2.23. The average Bonchev–Trinajstić information content (AvgIpc) is 2.75. The minimum Gasteiger partial charge on any atom is -0.369 e. The summed E-state index contributed by atoms with van der Waals surface area (Å²) in [5.41, 5.74) is 8.19. The number of aromatic nitrogens is 4. The molecular weight excluding hydrogens is 388 g/mol. The third-order valence-corrected chi connectivity index (χ3v) is 4.60. The van der Waals surface area contributed by atoms with E-state index in [1.54, 1.807) is 42.7 Å². The Morgan fingerprint density at radius 1 is 0.933 bits per heavy atom. The minimum absolute atomic E-state index is 0.189. The van der Waals surface area contributed by atoms with Crippen LogP contribution in [0.2, 0.25) is 0 Å². The molecule has 0 saturated heterocycles. The second kappa shape index (κ2) is 8.12. The lowest BCUT2D eigenvalue weighted by Gasteiger charge is -2.15. The number of carbonyl (C=O) groups is 1. The predicted molar refractivity (Wildman–Crippen MR) is 106 cm³/mol. The quantitative estimate of drug-likeness (QED) is 0.515. The van der Waals surface area contributed by atoms with Gasteiger partial charge in [0.15, 0.2) is 0 Å². The fourth-order valence-electron chi connectivity index (χ4n) is 3.18. The molecule has 0 radical (unpaired) electrons. The van der Waals surface area contributed by atoms with Crippen LogP contribution < -0.4 is 5.73 Å². The van der Waals surface area contributed by atoms with Crippen LogP contribution >= 0.6 is 0 Å². The molecule has 30 heavy (non-hydrogen) atoms. The van der Waals surface area contributed by atoms with Crippen molar-refractivity contribution in [1.82, 2.24) is 20.2 Å². The van der Waals surface area contributed by atoms with E-state index in [-0.39, 0.29) is 5.56 Å². The largest absolute Gasteiger partial charge is 0.369 e. The molecule has 0 fully saturated rings. The number of carbonyl (C=O) groups excluding carboxylic acids is 1. The van der Waals surface area contributed by atoms with Crippen molar-refractivity contribution in [2.24, 2.45) is 5.73 Å². The Balaban J connectivity index is 1.68. The van der Waals surface area contributed by atoms with Gasteiger partial charge in [-0.2, -0.15) is 14.6 Å². The van der Waals surface area contributed by atoms with Gasteiger partial charge in [-0.05, 0) is 47.5 Å². The first-order valence-electron chi connectivity index (χ1n) is 8.97. The third-order valence-electron chi connectivity index (χ3n) is 4.60. The molecule has 0 bridgehead atoms. The number of nitrogens with zero attached hydrogens (tertiary/aromatic N) is 4. The van der Waals surface area contributed by atoms with E-state index in [0.717, 1.165) is 11.6 Å². The van der Waals surface area contributed by atoms with Crippen molar-refractivity contribution >= 4 is 5.91 Å². The summed E-state index contributed by atoms with van der Waals surface area (Å²) in [4.78, 5) is 19.9. The van der Waals surface area contributed by atoms with Gasteiger partial charge in [-0.3, -0.25) is 9.78 Å². The van der Waals surface area contributed by atoms with Crippen LogP contribution in [-0.4, -0.2) is 26.1 Å². The van der Waals surface area contributed by atoms with E-state index in [0.29, 0.717) is 22.5 Å². The number of amides is 1. The van der Waals surface area contributed by atoms with Crippen LogP contribution in [0.3, 0.4) is 0 Å². The molecular formula is C22H15F2N5O. The lowest BCUT2D eigenvalue weighted by molar-refractivity contribution is -0.118. The van der Waals surface area contributed by atoms with E-state index < -0.39 is 23.6 Å². The van der Waals surface area contributed by atoms with E-state index in [9.17, 15) is 13.6 Å². The van der Waals surface area contributed by atoms with Crippen molar-refractivity contribution in [2.75, 3.05) is 0 Å². The normalized spacial score (nSPS) is 11.8. The highest BCUT2D eigenvalue weighted by Crippen LogP contribution is 2.29. The highest BCUT2D eigenvalue weighted by atomic mass is 19.1. The number of hydrogen-bond acceptors (Lipinski definition) is 5. The first-order chi connectivity index (χ1) is 14.5. The number of halogens is 2. The van der Waals surface area contributed by atoms with Crippen LogP contribution in [0.1, 0.15) is 17.2 Å². The summed E-state index contributed by atoms with van der Waals surface area (Å²) in [6.45, 7) is 0. The van der Waals surface area contributed by atoms with Crippen LogP contribution in [0.4, 0.5) is 8.78 Å². The number of rotatable bonds is 5. The van der Waals surface area contributed by atoms with E-state index in [1.165, 1.54) is 24.4 Å². The Labute approximate surface area is 170 Å². The zero-order valence-corrected chi connectivity index (χ0v) is 15.5. The molecule has 0 aliphatic heterocycles. The summed E-state index contributed by atoms with van der Waals surface area (Å²) >= 11 is 0. The van der Waals surface area contributed by atoms with Crippen LogP contribution in [0.15, 0.2) is 73.2 Å². The van der Waals surface area contributed by atoms with Gasteiger partial charge in [0.05, 0.1) is 11.4 Å². The molecule has 0 spiro atoms. The molecule has 148 valence electrons. The Morgan fingerprint density at radius 3 is 2.43 bits per heavy atom. The van der Waals surface area contributed by atoms with Gasteiger partial charge in [0, 0.05) is 35.8 Å². The molecule has 4 aromatic rings. The maximum Gasteiger partial charge on any atom is 0.231 e. The van der Waals surface area contributed by atoms with Crippen molar-refractivity contribution in [3.8, 4) is 22.4 Å². The Morgan fingerprint density at radius 2 is 1.80 bits per heavy atom. The zero-order valence-electron chi connectivity index (χ0n) is 15.5. The molecule has 2 N–H and O–H groups in total. The number of primary amides is 1. The summed E-state index contributed by atoms with van der Waals surface area (Å²) in [6.07, 6.45) is 4.37. The van der Waals surface area contributed by atoms with Crippen LogP contribution in [0.25, 0.3) is 22.4 Å². The fourth-order valence-corrected chi connectivity index (χ4v) is 3.18. The first-order valence-corrected chi connectivity index (χ1v) is 8.97. The Hall–Kier alpha value is -4.07. The van der Waals surface area contributed by atoms with Gasteiger partial charge in [0.25, 0.3) is 0 Å². The van der Waals surface area contributed by atoms with E-state index in [4.69, 9.17) is 5.73 Å². The van der Waals surface area contributed by atoms with Crippen molar-refractivity contribution in [2.45, 2.75) is 5.92 Å². The van der Waals surface area contributed by atoms with Crippen molar-refractivity contribution in [3.63, 3.8) is 0 Å². The smallest absolute Gasteiger partial charge is 0.231 e. The lowest BCUT2D eigenvalue weighted by atomic mass is 9.92. The van der Waals surface area contributed by atoms with Gasteiger partial charge in [0.2, 0.25) is 11.9 Å². The summed E-state index contributed by atoms with van der Waals surface area (Å²) in [6, 6.07) is 13.8. The van der Waals surface area contributed by atoms with Crippen LogP contribution in [-0.2, 0) is 4.79 Å². The molecule has 8 heteroatoms. The number of nitrogens with two attached hydrogens (primary N) is 1. The molecule has 0 aliphatic carbocycles. The number of benzene rings is 1. The summed E-state index contributed by atoms with van der Waals surface area (Å²) in [5.74, 6) is -2.94. The maximum absolute atomic E-state index is 14.8. The highest BCUT2D eigenvalue weighted by Gasteiger charge is 2.23. The molecule has 0 aliphatic rings. The number of pyridine rings is 2. The molecule has 1 unspecified atom stereocenters. The molecule has 1 amide bonds. The SMILES string of the molecule is NC(=O)C(c1ccc(-c2ccnc(F)c2)c(F)c1)c1ccc(-c2cccnn2)cn1. The first kappa shape index (κ1) is 19.3. The second-order valence-corrected chi connectivity index (χ2v) is 6.52. The molecule has 3 heterocycles. The van der Waals surface area contributed by atoms with E-state index >= 15 is 0 Å². The van der Waals surface area contributed by atoms with Crippen molar-refractivity contribution in [1.29, 1.82) is 0 Å². The fraction of sp³-hybridized carbons (Fsp3) is 0.0455. The molecule has 1 atom stereocenters. The van der Waals surface area contributed by atoms with E-state index in [1.807, 2.05) is 0 Å². The summed E-state index contributed by atoms with van der Waals surface area (Å²) in [5, 5.41) is 7.83. The van der Waals surface area contributed by atoms with Gasteiger partial charge in [-0.1, -0.05) is 12.1 Å². The van der Waals surface area contributed by atoms with E-state index in [2.05, 4.69) is 20.2 Å². The molecule has 1 aromatic carbocycles. The highest BCUT2D eigenvalue weighted by molar-refractivity contribution is 5.85. The van der Waals surface area contributed by atoms with Crippen molar-refractivity contribution < 1.29 is 13.6 Å². The third kappa shape index (κ3) is 3.88. The summed E-state index contributed by atoms with van der Waals surface area (Å²) < 4.78 is 28.1. The van der Waals surface area contributed by atoms with Gasteiger partial charge in [-0.15, -0.1) is 0 Å². The summed E-state index contributed by atoms with van der Waals surface area (Å²) in [7, 11) is 0. The topological polar surface area (TPSA) is 94.7 Å². The van der Waals surface area contributed by atoms with Crippen LogP contribution in [0, 0.1) is 11.8 Å². The minimum atomic E-state index is -0.946. The monoisotopic (exact) mass is 403 g/mol. The number of hydrogen-bond donors (Lipinski definition) is 1. The maximum atomic E-state index is 14.8. The Bertz CT molecular complexity index is 1200. The zero-order chi connectivity index (χ0) is 21.1. The Kier molecular flexibility index (Phi) is 5.21. The predicted octanol–water partition coefficient (Wildman–Crippen LogP) is 3.50. The van der Waals surface area contributed by atoms with Gasteiger partial charge < -0.3 is 5.73 Å². The average molecular weight is 403 g/mol. The molecule has 4 rings (SSSR count). The second-order valence-electron chi connectivity index (χ2n) is 6.52. The van der Waals surface area contributed by atoms with Gasteiger partial charge >= 0.3 is 0 Å². The molecule has 0 saturated carbocycles. The van der Waals surface area contributed by atoms with Gasteiger partial charge in [-0.25, -0.2) is 9.37 Å².